The lowest BCUT2D eigenvalue weighted by Crippen LogP contribution is -2.22. The van der Waals surface area contributed by atoms with Crippen LogP contribution in [0.3, 0.4) is 0 Å². The molecule has 0 spiro atoms. The number of esters is 1. The summed E-state index contributed by atoms with van der Waals surface area (Å²) >= 11 is 0. The van der Waals surface area contributed by atoms with Gasteiger partial charge in [-0.1, -0.05) is 12.2 Å². The molecule has 19 heavy (non-hydrogen) atoms. The smallest absolute Gasteiger partial charge is 0.341 e. The van der Waals surface area contributed by atoms with E-state index >= 15 is 0 Å². The highest BCUT2D eigenvalue weighted by Crippen LogP contribution is 2.16. The van der Waals surface area contributed by atoms with Crippen LogP contribution in [0.4, 0.5) is 5.95 Å². The van der Waals surface area contributed by atoms with Crippen LogP contribution >= 0.6 is 0 Å². The minimum absolute atomic E-state index is 0.354. The zero-order valence-corrected chi connectivity index (χ0v) is 11.3. The molecule has 5 heteroatoms. The lowest BCUT2D eigenvalue weighted by molar-refractivity contribution is 0.0524. The summed E-state index contributed by atoms with van der Waals surface area (Å²) < 4.78 is 4.95. The third kappa shape index (κ3) is 3.53. The van der Waals surface area contributed by atoms with Crippen molar-refractivity contribution in [2.24, 2.45) is 0 Å². The molecule has 1 aliphatic rings. The Morgan fingerprint density at radius 1 is 1.53 bits per heavy atom. The van der Waals surface area contributed by atoms with Crippen LogP contribution in [0.15, 0.2) is 18.3 Å². The minimum atomic E-state index is -0.368. The maximum absolute atomic E-state index is 11.6. The molecule has 1 aromatic heterocycles. The van der Waals surface area contributed by atoms with E-state index in [1.807, 2.05) is 0 Å². The summed E-state index contributed by atoms with van der Waals surface area (Å²) in [6, 6.07) is 0.373. The second-order valence-electron chi connectivity index (χ2n) is 4.54. The lowest BCUT2D eigenvalue weighted by Gasteiger charge is -2.19. The number of ether oxygens (including phenoxy) is 1. The largest absolute Gasteiger partial charge is 0.462 e. The van der Waals surface area contributed by atoms with Gasteiger partial charge in [0.1, 0.15) is 0 Å². The summed E-state index contributed by atoms with van der Waals surface area (Å²) in [4.78, 5) is 20.1. The van der Waals surface area contributed by atoms with Gasteiger partial charge in [-0.05, 0) is 33.1 Å². The maximum Gasteiger partial charge on any atom is 0.341 e. The average Bonchev–Trinajstić information content (AvgIpc) is 2.40. The monoisotopic (exact) mass is 261 g/mol. The number of allylic oxidation sites excluding steroid dienone is 1. The van der Waals surface area contributed by atoms with E-state index in [9.17, 15) is 4.79 Å². The Hall–Kier alpha value is -1.91. The fraction of sp³-hybridized carbons (Fsp3) is 0.500. The molecule has 1 aromatic rings. The van der Waals surface area contributed by atoms with Gasteiger partial charge in [-0.25, -0.2) is 14.8 Å². The molecular weight excluding hydrogens is 242 g/mol. The molecule has 1 unspecified atom stereocenters. The van der Waals surface area contributed by atoms with E-state index in [0.717, 1.165) is 19.3 Å². The van der Waals surface area contributed by atoms with Gasteiger partial charge >= 0.3 is 5.97 Å². The lowest BCUT2D eigenvalue weighted by atomic mass is 10.0. The van der Waals surface area contributed by atoms with E-state index in [2.05, 4.69) is 27.4 Å². The van der Waals surface area contributed by atoms with Gasteiger partial charge in [-0.3, -0.25) is 0 Å². The van der Waals surface area contributed by atoms with Crippen LogP contribution in [0.2, 0.25) is 0 Å². The predicted molar refractivity (Wildman–Crippen MR) is 73.1 cm³/mol. The summed E-state index contributed by atoms with van der Waals surface area (Å²) in [5.41, 5.74) is 1.07. The number of nitrogens with one attached hydrogen (secondary N) is 1. The van der Waals surface area contributed by atoms with E-state index in [1.165, 1.54) is 6.20 Å². The number of carbonyl (C=O) groups is 1. The third-order valence-corrected chi connectivity index (χ3v) is 3.08. The molecule has 5 nitrogen and oxygen atoms in total. The van der Waals surface area contributed by atoms with E-state index in [4.69, 9.17) is 4.74 Å². The number of hydrogen-bond donors (Lipinski definition) is 1. The molecular formula is C14H19N3O2. The Labute approximate surface area is 113 Å². The quantitative estimate of drug-likeness (QED) is 0.666. The molecule has 0 saturated heterocycles. The fourth-order valence-corrected chi connectivity index (χ4v) is 2.05. The summed E-state index contributed by atoms with van der Waals surface area (Å²) in [5, 5.41) is 3.29. The van der Waals surface area contributed by atoms with Crippen molar-refractivity contribution in [3.8, 4) is 0 Å². The number of aromatic nitrogens is 2. The molecule has 0 amide bonds. The molecule has 1 aliphatic carbocycles. The van der Waals surface area contributed by atoms with Gasteiger partial charge < -0.3 is 10.1 Å². The van der Waals surface area contributed by atoms with E-state index in [-0.39, 0.29) is 5.97 Å². The van der Waals surface area contributed by atoms with Crippen LogP contribution in [0, 0.1) is 6.92 Å². The molecule has 1 heterocycles. The van der Waals surface area contributed by atoms with E-state index < -0.39 is 0 Å². The van der Waals surface area contributed by atoms with E-state index in [0.29, 0.717) is 29.9 Å². The Kier molecular flexibility index (Phi) is 4.49. The third-order valence-electron chi connectivity index (χ3n) is 3.08. The first-order chi connectivity index (χ1) is 9.20. The molecule has 102 valence electrons. The second kappa shape index (κ2) is 6.31. The van der Waals surface area contributed by atoms with Gasteiger partial charge in [0.15, 0.2) is 0 Å². The number of carbonyl (C=O) groups excluding carboxylic acids is 1. The molecule has 0 aliphatic heterocycles. The van der Waals surface area contributed by atoms with Gasteiger partial charge in [0.2, 0.25) is 5.95 Å². The van der Waals surface area contributed by atoms with Crippen molar-refractivity contribution in [3.63, 3.8) is 0 Å². The van der Waals surface area contributed by atoms with Crippen LogP contribution in [0.1, 0.15) is 42.2 Å². The highest BCUT2D eigenvalue weighted by atomic mass is 16.5. The number of nitrogens with zero attached hydrogens (tertiary/aromatic N) is 2. The van der Waals surface area contributed by atoms with Crippen molar-refractivity contribution in [3.05, 3.63) is 29.6 Å². The van der Waals surface area contributed by atoms with Gasteiger partial charge in [0.05, 0.1) is 17.9 Å². The van der Waals surface area contributed by atoms with Crippen molar-refractivity contribution in [1.29, 1.82) is 0 Å². The fourth-order valence-electron chi connectivity index (χ4n) is 2.05. The van der Waals surface area contributed by atoms with Gasteiger partial charge in [0, 0.05) is 12.2 Å². The normalized spacial score (nSPS) is 18.1. The highest BCUT2D eigenvalue weighted by Gasteiger charge is 2.15. The van der Waals surface area contributed by atoms with Crippen LogP contribution < -0.4 is 5.32 Å². The molecule has 0 fully saturated rings. The molecule has 0 bridgehead atoms. The van der Waals surface area contributed by atoms with Crippen LogP contribution in [-0.4, -0.2) is 28.6 Å². The van der Waals surface area contributed by atoms with Crippen molar-refractivity contribution in [2.75, 3.05) is 11.9 Å². The minimum Gasteiger partial charge on any atom is -0.462 e. The topological polar surface area (TPSA) is 64.1 Å². The zero-order chi connectivity index (χ0) is 13.7. The summed E-state index contributed by atoms with van der Waals surface area (Å²) in [6.45, 7) is 3.92. The SMILES string of the molecule is CCOC(=O)c1cnc(NC2CC=CCC2)nc1C. The number of anilines is 1. The first-order valence-electron chi connectivity index (χ1n) is 6.63. The molecule has 0 radical (unpaired) electrons. The van der Waals surface area contributed by atoms with Gasteiger partial charge in [0.25, 0.3) is 0 Å². The molecule has 1 N–H and O–H groups in total. The molecule has 2 rings (SSSR count). The Balaban J connectivity index is 2.05. The number of hydrogen-bond acceptors (Lipinski definition) is 5. The van der Waals surface area contributed by atoms with Gasteiger partial charge in [-0.15, -0.1) is 0 Å². The highest BCUT2D eigenvalue weighted by molar-refractivity contribution is 5.90. The molecule has 0 saturated carbocycles. The molecule has 1 atom stereocenters. The number of rotatable bonds is 4. The zero-order valence-electron chi connectivity index (χ0n) is 11.3. The average molecular weight is 261 g/mol. The van der Waals surface area contributed by atoms with E-state index in [1.54, 1.807) is 13.8 Å². The second-order valence-corrected chi connectivity index (χ2v) is 4.54. The summed E-state index contributed by atoms with van der Waals surface area (Å²) in [5.74, 6) is 0.206. The van der Waals surface area contributed by atoms with Crippen LogP contribution in [0.25, 0.3) is 0 Å². The molecule has 0 aromatic carbocycles. The van der Waals surface area contributed by atoms with Crippen molar-refractivity contribution < 1.29 is 9.53 Å². The van der Waals surface area contributed by atoms with Crippen molar-refractivity contribution in [1.82, 2.24) is 9.97 Å². The Morgan fingerprint density at radius 2 is 2.37 bits per heavy atom. The maximum atomic E-state index is 11.6. The van der Waals surface area contributed by atoms with Crippen LogP contribution in [0.5, 0.6) is 0 Å². The summed E-state index contributed by atoms with van der Waals surface area (Å²) in [6.07, 6.45) is 9.04. The van der Waals surface area contributed by atoms with Crippen LogP contribution in [-0.2, 0) is 4.74 Å². The van der Waals surface area contributed by atoms with Crippen molar-refractivity contribution in [2.45, 2.75) is 39.2 Å². The number of aryl methyl sites for hydroxylation is 1. The Bertz CT molecular complexity index is 486. The first-order valence-corrected chi connectivity index (χ1v) is 6.63. The standard InChI is InChI=1S/C14H19N3O2/c1-3-19-13(18)12-9-15-14(16-10(12)2)17-11-7-5-4-6-8-11/h4-5,9,11H,3,6-8H2,1-2H3,(H,15,16,17). The first kappa shape index (κ1) is 13.5. The predicted octanol–water partition coefficient (Wildman–Crippen LogP) is 2.48. The summed E-state index contributed by atoms with van der Waals surface area (Å²) in [7, 11) is 0. The Morgan fingerprint density at radius 3 is 3.00 bits per heavy atom. The van der Waals surface area contributed by atoms with Gasteiger partial charge in [-0.2, -0.15) is 0 Å². The van der Waals surface area contributed by atoms with Crippen molar-refractivity contribution >= 4 is 11.9 Å².